The normalized spacial score (nSPS) is 10.6. The van der Waals surface area contributed by atoms with Crippen molar-refractivity contribution in [2.75, 3.05) is 7.05 Å². The first-order chi connectivity index (χ1) is 7.19. The molecule has 0 aliphatic carbocycles. The van der Waals surface area contributed by atoms with Crippen molar-refractivity contribution >= 4 is 27.9 Å². The van der Waals surface area contributed by atoms with Crippen LogP contribution in [0, 0.1) is 11.3 Å². The van der Waals surface area contributed by atoms with Gasteiger partial charge in [0.15, 0.2) is 0 Å². The van der Waals surface area contributed by atoms with Gasteiger partial charge >= 0.3 is 0 Å². The number of benzene rings is 1. The second-order valence-electron chi connectivity index (χ2n) is 2.77. The molecule has 0 aromatic heterocycles. The smallest absolute Gasteiger partial charge is 0.261 e. The average Bonchev–Trinajstić information content (AvgIpc) is 2.27. The maximum absolute atomic E-state index is 11.2. The molecule has 0 atom stereocenters. The summed E-state index contributed by atoms with van der Waals surface area (Å²) in [5, 5.41) is 11.2. The minimum Gasteiger partial charge on any atom is -0.354 e. The molecule has 0 spiro atoms. The van der Waals surface area contributed by atoms with Crippen LogP contribution in [0.5, 0.6) is 0 Å². The third-order valence-electron chi connectivity index (χ3n) is 1.80. The lowest BCUT2D eigenvalue weighted by Crippen LogP contribution is -2.19. The van der Waals surface area contributed by atoms with Crippen molar-refractivity contribution in [3.05, 3.63) is 39.9 Å². The number of likely N-dealkylation sites (N-methyl/N-ethyl adjacent to an activating group) is 1. The molecule has 0 bridgehead atoms. The van der Waals surface area contributed by atoms with Gasteiger partial charge in [0, 0.05) is 11.5 Å². The zero-order chi connectivity index (χ0) is 11.3. The van der Waals surface area contributed by atoms with E-state index in [1.165, 1.54) is 7.05 Å². The van der Waals surface area contributed by atoms with Crippen molar-refractivity contribution in [2.24, 2.45) is 0 Å². The Morgan fingerprint density at radius 3 is 2.73 bits per heavy atom. The summed E-state index contributed by atoms with van der Waals surface area (Å²) in [4.78, 5) is 11.2. The molecule has 0 saturated carbocycles. The van der Waals surface area contributed by atoms with E-state index >= 15 is 0 Å². The third-order valence-corrected chi connectivity index (χ3v) is 2.52. The lowest BCUT2D eigenvalue weighted by molar-refractivity contribution is -0.116. The molecular weight excluding hydrogens is 256 g/mol. The Morgan fingerprint density at radius 1 is 1.53 bits per heavy atom. The monoisotopic (exact) mass is 264 g/mol. The van der Waals surface area contributed by atoms with E-state index in [0.717, 1.165) is 10.0 Å². The molecule has 0 radical (unpaired) electrons. The van der Waals surface area contributed by atoms with Crippen LogP contribution in [0.15, 0.2) is 34.3 Å². The highest BCUT2D eigenvalue weighted by Gasteiger charge is 2.06. The number of nitrogens with one attached hydrogen (secondary N) is 1. The molecule has 4 heteroatoms. The van der Waals surface area contributed by atoms with E-state index in [1.807, 2.05) is 30.3 Å². The van der Waals surface area contributed by atoms with Gasteiger partial charge in [0.05, 0.1) is 0 Å². The number of carbonyl (C=O) groups is 1. The predicted molar refractivity (Wildman–Crippen MR) is 61.8 cm³/mol. The Hall–Kier alpha value is -1.60. The molecule has 0 unspecified atom stereocenters. The summed E-state index contributed by atoms with van der Waals surface area (Å²) >= 11 is 3.34. The minimum atomic E-state index is -0.381. The molecule has 0 aliphatic rings. The minimum absolute atomic E-state index is 0.0874. The van der Waals surface area contributed by atoms with Gasteiger partial charge in [0.25, 0.3) is 5.91 Å². The van der Waals surface area contributed by atoms with Crippen molar-refractivity contribution in [1.29, 1.82) is 5.26 Å². The second kappa shape index (κ2) is 5.32. The van der Waals surface area contributed by atoms with E-state index in [-0.39, 0.29) is 11.5 Å². The fourth-order valence-electron chi connectivity index (χ4n) is 1.03. The molecule has 1 amide bonds. The Balaban J connectivity index is 3.11. The maximum Gasteiger partial charge on any atom is 0.261 e. The summed E-state index contributed by atoms with van der Waals surface area (Å²) in [5.41, 5.74) is 0.891. The number of halogens is 1. The molecule has 1 aromatic rings. The molecule has 1 aromatic carbocycles. The molecule has 0 aliphatic heterocycles. The van der Waals surface area contributed by atoms with Gasteiger partial charge < -0.3 is 5.32 Å². The molecular formula is C11H9BrN2O. The Labute approximate surface area is 96.5 Å². The van der Waals surface area contributed by atoms with Gasteiger partial charge in [0.2, 0.25) is 0 Å². The molecule has 15 heavy (non-hydrogen) atoms. The van der Waals surface area contributed by atoms with Gasteiger partial charge in [-0.2, -0.15) is 5.26 Å². The van der Waals surface area contributed by atoms with Crippen LogP contribution in [-0.4, -0.2) is 13.0 Å². The molecule has 0 fully saturated rings. The number of amides is 1. The topological polar surface area (TPSA) is 52.9 Å². The van der Waals surface area contributed by atoms with E-state index in [4.69, 9.17) is 5.26 Å². The maximum atomic E-state index is 11.2. The van der Waals surface area contributed by atoms with Crippen LogP contribution < -0.4 is 5.32 Å². The zero-order valence-electron chi connectivity index (χ0n) is 8.12. The first-order valence-electron chi connectivity index (χ1n) is 4.27. The van der Waals surface area contributed by atoms with Crippen molar-refractivity contribution in [1.82, 2.24) is 5.32 Å². The zero-order valence-corrected chi connectivity index (χ0v) is 9.71. The van der Waals surface area contributed by atoms with Crippen LogP contribution in [0.4, 0.5) is 0 Å². The summed E-state index contributed by atoms with van der Waals surface area (Å²) in [6.45, 7) is 0. The summed E-state index contributed by atoms with van der Waals surface area (Å²) < 4.78 is 0.849. The summed E-state index contributed by atoms with van der Waals surface area (Å²) in [6.07, 6.45) is 1.54. The van der Waals surface area contributed by atoms with Crippen LogP contribution in [-0.2, 0) is 4.79 Å². The fourth-order valence-corrected chi connectivity index (χ4v) is 1.43. The Morgan fingerprint density at radius 2 is 2.20 bits per heavy atom. The van der Waals surface area contributed by atoms with E-state index in [1.54, 1.807) is 6.08 Å². The molecule has 0 saturated heterocycles. The van der Waals surface area contributed by atoms with Gasteiger partial charge in [-0.1, -0.05) is 34.1 Å². The molecule has 76 valence electrons. The van der Waals surface area contributed by atoms with Crippen molar-refractivity contribution < 1.29 is 4.79 Å². The number of nitriles is 1. The first kappa shape index (κ1) is 11.5. The third kappa shape index (κ3) is 2.93. The Kier molecular flexibility index (Phi) is 4.07. The summed E-state index contributed by atoms with van der Waals surface area (Å²) in [6, 6.07) is 9.24. The highest BCUT2D eigenvalue weighted by atomic mass is 79.9. The lowest BCUT2D eigenvalue weighted by atomic mass is 10.1. The second-order valence-corrected chi connectivity index (χ2v) is 3.62. The average molecular weight is 265 g/mol. The molecule has 3 nitrogen and oxygen atoms in total. The van der Waals surface area contributed by atoms with Crippen molar-refractivity contribution in [2.45, 2.75) is 0 Å². The van der Waals surface area contributed by atoms with Gasteiger partial charge in [-0.15, -0.1) is 0 Å². The SMILES string of the molecule is CNC(=O)/C(C#N)=C/c1ccccc1Br. The van der Waals surface area contributed by atoms with E-state index in [9.17, 15) is 4.79 Å². The number of rotatable bonds is 2. The first-order valence-corrected chi connectivity index (χ1v) is 5.06. The quantitative estimate of drug-likeness (QED) is 0.657. The van der Waals surface area contributed by atoms with Crippen LogP contribution in [0.1, 0.15) is 5.56 Å². The largest absolute Gasteiger partial charge is 0.354 e. The number of nitrogens with zero attached hydrogens (tertiary/aromatic N) is 1. The number of hydrogen-bond donors (Lipinski definition) is 1. The van der Waals surface area contributed by atoms with Crippen LogP contribution in [0.2, 0.25) is 0 Å². The van der Waals surface area contributed by atoms with Gasteiger partial charge in [-0.05, 0) is 17.7 Å². The van der Waals surface area contributed by atoms with Crippen molar-refractivity contribution in [3.8, 4) is 6.07 Å². The fraction of sp³-hybridized carbons (Fsp3) is 0.0909. The van der Waals surface area contributed by atoms with Gasteiger partial charge in [-0.25, -0.2) is 0 Å². The molecule has 1 rings (SSSR count). The van der Waals surface area contributed by atoms with Gasteiger partial charge in [0.1, 0.15) is 11.6 Å². The van der Waals surface area contributed by atoms with Crippen LogP contribution in [0.25, 0.3) is 6.08 Å². The van der Waals surface area contributed by atoms with E-state index in [0.29, 0.717) is 0 Å². The summed E-state index contributed by atoms with van der Waals surface area (Å²) in [7, 11) is 1.49. The van der Waals surface area contributed by atoms with Crippen molar-refractivity contribution in [3.63, 3.8) is 0 Å². The summed E-state index contributed by atoms with van der Waals surface area (Å²) in [5.74, 6) is -0.381. The number of carbonyl (C=O) groups excluding carboxylic acids is 1. The standard InChI is InChI=1S/C11H9BrN2O/c1-14-11(15)9(7-13)6-8-4-2-3-5-10(8)12/h2-6H,1H3,(H,14,15)/b9-6+. The lowest BCUT2D eigenvalue weighted by Gasteiger charge is -1.99. The van der Waals surface area contributed by atoms with E-state index < -0.39 is 0 Å². The van der Waals surface area contributed by atoms with E-state index in [2.05, 4.69) is 21.2 Å². The molecule has 0 heterocycles. The molecule has 1 N–H and O–H groups in total. The van der Waals surface area contributed by atoms with Crippen LogP contribution in [0.3, 0.4) is 0 Å². The van der Waals surface area contributed by atoms with Gasteiger partial charge in [-0.3, -0.25) is 4.79 Å². The van der Waals surface area contributed by atoms with Crippen LogP contribution >= 0.6 is 15.9 Å². The highest BCUT2D eigenvalue weighted by Crippen LogP contribution is 2.18. The predicted octanol–water partition coefficient (Wildman–Crippen LogP) is 2.10. The highest BCUT2D eigenvalue weighted by molar-refractivity contribution is 9.10. The number of hydrogen-bond acceptors (Lipinski definition) is 2. The Bertz CT molecular complexity index is 446.